The monoisotopic (exact) mass is 267 g/mol. The fourth-order valence-corrected chi connectivity index (χ4v) is 3.88. The van der Waals surface area contributed by atoms with Gasteiger partial charge in [-0.25, -0.2) is 0 Å². The summed E-state index contributed by atoms with van der Waals surface area (Å²) in [6.45, 7) is 7.55. The molecular weight excluding hydrogens is 242 g/mol. The van der Waals surface area contributed by atoms with Crippen LogP contribution in [0.5, 0.6) is 0 Å². The van der Waals surface area contributed by atoms with Crippen molar-refractivity contribution < 1.29 is 4.74 Å². The molecule has 2 nitrogen and oxygen atoms in total. The van der Waals surface area contributed by atoms with Gasteiger partial charge in [0.05, 0.1) is 6.61 Å². The highest BCUT2D eigenvalue weighted by molar-refractivity contribution is 7.10. The zero-order valence-corrected chi connectivity index (χ0v) is 12.6. The van der Waals surface area contributed by atoms with Gasteiger partial charge in [0.15, 0.2) is 0 Å². The molecule has 0 bridgehead atoms. The molecule has 0 saturated heterocycles. The molecule has 0 aromatic carbocycles. The summed E-state index contributed by atoms with van der Waals surface area (Å²) in [4.78, 5) is 1.56. The van der Waals surface area contributed by atoms with Crippen molar-refractivity contribution in [2.75, 3.05) is 26.8 Å². The quantitative estimate of drug-likeness (QED) is 0.766. The van der Waals surface area contributed by atoms with Gasteiger partial charge >= 0.3 is 0 Å². The van der Waals surface area contributed by atoms with E-state index in [-0.39, 0.29) is 0 Å². The van der Waals surface area contributed by atoms with Gasteiger partial charge in [0.2, 0.25) is 0 Å². The summed E-state index contributed by atoms with van der Waals surface area (Å²) in [7, 11) is 1.76. The van der Waals surface area contributed by atoms with Crippen molar-refractivity contribution in [2.45, 2.75) is 32.1 Å². The molecule has 1 aliphatic rings. The maximum absolute atomic E-state index is 5.10. The lowest BCUT2D eigenvalue weighted by Crippen LogP contribution is -2.50. The third-order valence-corrected chi connectivity index (χ3v) is 5.36. The molecule has 0 spiro atoms. The van der Waals surface area contributed by atoms with Gasteiger partial charge < -0.3 is 10.1 Å². The fraction of sp³-hybridized carbons (Fsp3) is 0.733. The topological polar surface area (TPSA) is 21.3 Å². The lowest BCUT2D eigenvalue weighted by atomic mass is 9.58. The van der Waals surface area contributed by atoms with Gasteiger partial charge in [0.1, 0.15) is 0 Å². The highest BCUT2D eigenvalue weighted by atomic mass is 32.1. The molecule has 1 N–H and O–H groups in total. The Kier molecular flexibility index (Phi) is 4.82. The summed E-state index contributed by atoms with van der Waals surface area (Å²) >= 11 is 1.91. The van der Waals surface area contributed by atoms with E-state index in [1.807, 2.05) is 11.3 Å². The number of nitrogens with one attached hydrogen (secondary N) is 1. The van der Waals surface area contributed by atoms with Gasteiger partial charge in [-0.15, -0.1) is 11.3 Å². The third-order valence-electron chi connectivity index (χ3n) is 4.24. The van der Waals surface area contributed by atoms with Gasteiger partial charge in [-0.05, 0) is 36.1 Å². The Bertz CT molecular complexity index is 341. The second-order valence-corrected chi connectivity index (χ2v) is 6.79. The second-order valence-electron chi connectivity index (χ2n) is 5.84. The fourth-order valence-electron chi connectivity index (χ4n) is 2.93. The summed E-state index contributed by atoms with van der Waals surface area (Å²) in [6.07, 6.45) is 2.68. The minimum atomic E-state index is 0.400. The normalized spacial score (nSPS) is 27.4. The minimum Gasteiger partial charge on any atom is -0.383 e. The molecule has 18 heavy (non-hydrogen) atoms. The van der Waals surface area contributed by atoms with Gasteiger partial charge in [-0.3, -0.25) is 0 Å². The average Bonchev–Trinajstić information content (AvgIpc) is 2.80. The molecule has 0 unspecified atom stereocenters. The Balaban J connectivity index is 1.93. The molecule has 1 aromatic heterocycles. The molecular formula is C15H25NOS. The lowest BCUT2D eigenvalue weighted by molar-refractivity contribution is 0.0977. The molecule has 1 aromatic rings. The number of methoxy groups -OCH3 is 1. The maximum Gasteiger partial charge on any atom is 0.0587 e. The van der Waals surface area contributed by atoms with Crippen LogP contribution in [0.3, 0.4) is 0 Å². The molecule has 3 heteroatoms. The molecule has 1 aliphatic carbocycles. The summed E-state index contributed by atoms with van der Waals surface area (Å²) in [5.74, 6) is 1.72. The Morgan fingerprint density at radius 1 is 1.50 bits per heavy atom. The van der Waals surface area contributed by atoms with E-state index in [2.05, 4.69) is 36.7 Å². The van der Waals surface area contributed by atoms with Gasteiger partial charge in [-0.1, -0.05) is 19.9 Å². The van der Waals surface area contributed by atoms with E-state index >= 15 is 0 Å². The summed E-state index contributed by atoms with van der Waals surface area (Å²) < 4.78 is 5.10. The molecule has 0 radical (unpaired) electrons. The molecule has 1 saturated carbocycles. The Morgan fingerprint density at radius 3 is 2.83 bits per heavy atom. The van der Waals surface area contributed by atoms with Crippen LogP contribution in [-0.4, -0.2) is 26.8 Å². The molecule has 102 valence electrons. The standard InChI is InChI=1S/C15H25NOS/c1-12(2)13-9-15(10-13,11-16-6-7-17-3)14-5-4-8-18-14/h4-5,8,12-13,16H,6-7,9-11H2,1-3H3. The van der Waals surface area contributed by atoms with Gasteiger partial charge in [-0.2, -0.15) is 0 Å². The van der Waals surface area contributed by atoms with Crippen molar-refractivity contribution in [3.05, 3.63) is 22.4 Å². The Labute approximate surface area is 115 Å². The van der Waals surface area contributed by atoms with Crippen LogP contribution >= 0.6 is 11.3 Å². The first-order valence-electron chi connectivity index (χ1n) is 6.91. The van der Waals surface area contributed by atoms with E-state index in [4.69, 9.17) is 4.74 Å². The van der Waals surface area contributed by atoms with E-state index < -0.39 is 0 Å². The van der Waals surface area contributed by atoms with Crippen LogP contribution in [0.4, 0.5) is 0 Å². The Morgan fingerprint density at radius 2 is 2.28 bits per heavy atom. The van der Waals surface area contributed by atoms with E-state index in [0.717, 1.165) is 31.5 Å². The van der Waals surface area contributed by atoms with Crippen molar-refractivity contribution in [1.82, 2.24) is 5.32 Å². The number of hydrogen-bond acceptors (Lipinski definition) is 3. The predicted octanol–water partition coefficient (Wildman–Crippen LogP) is 3.29. The maximum atomic E-state index is 5.10. The SMILES string of the molecule is COCCNCC1(c2cccs2)CC(C(C)C)C1. The van der Waals surface area contributed by atoms with Crippen LogP contribution in [0, 0.1) is 11.8 Å². The number of thiophene rings is 1. The van der Waals surface area contributed by atoms with Crippen LogP contribution in [0.15, 0.2) is 17.5 Å². The highest BCUT2D eigenvalue weighted by Crippen LogP contribution is 2.51. The van der Waals surface area contributed by atoms with E-state index in [9.17, 15) is 0 Å². The van der Waals surface area contributed by atoms with E-state index in [1.54, 1.807) is 12.0 Å². The van der Waals surface area contributed by atoms with Crippen LogP contribution in [-0.2, 0) is 10.2 Å². The number of hydrogen-bond donors (Lipinski definition) is 1. The van der Waals surface area contributed by atoms with Crippen LogP contribution in [0.2, 0.25) is 0 Å². The third kappa shape index (κ3) is 2.95. The average molecular weight is 267 g/mol. The molecule has 0 aliphatic heterocycles. The van der Waals surface area contributed by atoms with Crippen molar-refractivity contribution >= 4 is 11.3 Å². The zero-order valence-electron chi connectivity index (χ0n) is 11.7. The van der Waals surface area contributed by atoms with Crippen molar-refractivity contribution in [3.63, 3.8) is 0 Å². The summed E-state index contributed by atoms with van der Waals surface area (Å²) in [5, 5.41) is 5.76. The summed E-state index contributed by atoms with van der Waals surface area (Å²) in [6, 6.07) is 4.48. The van der Waals surface area contributed by atoms with Crippen LogP contribution in [0.1, 0.15) is 31.6 Å². The first kappa shape index (κ1) is 14.0. The predicted molar refractivity (Wildman–Crippen MR) is 78.3 cm³/mol. The van der Waals surface area contributed by atoms with E-state index in [1.165, 1.54) is 12.8 Å². The van der Waals surface area contributed by atoms with Gasteiger partial charge in [0.25, 0.3) is 0 Å². The first-order chi connectivity index (χ1) is 8.68. The van der Waals surface area contributed by atoms with Crippen molar-refractivity contribution in [1.29, 1.82) is 0 Å². The van der Waals surface area contributed by atoms with Crippen LogP contribution in [0.25, 0.3) is 0 Å². The molecule has 1 fully saturated rings. The van der Waals surface area contributed by atoms with E-state index in [0.29, 0.717) is 5.41 Å². The number of ether oxygens (including phenoxy) is 1. The summed E-state index contributed by atoms with van der Waals surface area (Å²) in [5.41, 5.74) is 0.400. The lowest BCUT2D eigenvalue weighted by Gasteiger charge is -2.49. The molecule has 2 rings (SSSR count). The molecule has 1 heterocycles. The minimum absolute atomic E-state index is 0.400. The molecule has 0 atom stereocenters. The zero-order chi connectivity index (χ0) is 13.0. The van der Waals surface area contributed by atoms with Crippen molar-refractivity contribution in [2.24, 2.45) is 11.8 Å². The largest absolute Gasteiger partial charge is 0.383 e. The van der Waals surface area contributed by atoms with Gasteiger partial charge in [0, 0.05) is 30.5 Å². The van der Waals surface area contributed by atoms with Crippen molar-refractivity contribution in [3.8, 4) is 0 Å². The first-order valence-corrected chi connectivity index (χ1v) is 7.79. The molecule has 0 amide bonds. The Hall–Kier alpha value is -0.380. The second kappa shape index (κ2) is 6.18. The highest BCUT2D eigenvalue weighted by Gasteiger charge is 2.46. The van der Waals surface area contributed by atoms with Crippen LogP contribution < -0.4 is 5.32 Å². The smallest absolute Gasteiger partial charge is 0.0587 e. The number of rotatable bonds is 7.